The Labute approximate surface area is 79.0 Å². The Morgan fingerprint density at radius 3 is 3.18 bits per heavy atom. The van der Waals surface area contributed by atoms with Gasteiger partial charge in [-0.25, -0.2) is 0 Å². The molecule has 2 heterocycles. The first-order chi connectivity index (χ1) is 5.29. The fourth-order valence-corrected chi connectivity index (χ4v) is 1.93. The van der Waals surface area contributed by atoms with Gasteiger partial charge in [0.15, 0.2) is 3.84 Å². The number of likely N-dealkylation sites (N-methyl/N-ethyl adjacent to an activating group) is 1. The van der Waals surface area contributed by atoms with Crippen LogP contribution in [-0.2, 0) is 0 Å². The number of hydrogen-bond donors (Lipinski definition) is 0. The van der Waals surface area contributed by atoms with Gasteiger partial charge >= 0.3 is 0 Å². The maximum absolute atomic E-state index is 4.42. The van der Waals surface area contributed by atoms with E-state index >= 15 is 0 Å². The summed E-state index contributed by atoms with van der Waals surface area (Å²) in [6, 6.07) is 0.649. The number of amidine groups is 1. The third-order valence-corrected chi connectivity index (χ3v) is 2.99. The molecule has 0 spiro atoms. The number of halogens is 1. The van der Waals surface area contributed by atoms with E-state index < -0.39 is 0 Å². The van der Waals surface area contributed by atoms with Crippen LogP contribution in [0.3, 0.4) is 0 Å². The molecule has 3 nitrogen and oxygen atoms in total. The first-order valence-electron chi connectivity index (χ1n) is 3.45. The van der Waals surface area contributed by atoms with Crippen LogP contribution in [0.4, 0.5) is 0 Å². The molecule has 0 aromatic rings. The summed E-state index contributed by atoms with van der Waals surface area (Å²) < 4.78 is 1.07. The zero-order valence-corrected chi connectivity index (χ0v) is 8.26. The second-order valence-electron chi connectivity index (χ2n) is 2.63. The van der Waals surface area contributed by atoms with Gasteiger partial charge < -0.3 is 4.90 Å². The van der Waals surface area contributed by atoms with Gasteiger partial charge in [-0.1, -0.05) is 0 Å². The van der Waals surface area contributed by atoms with Crippen LogP contribution in [-0.4, -0.2) is 34.1 Å². The van der Waals surface area contributed by atoms with Gasteiger partial charge in [-0.05, 0) is 28.7 Å². The summed E-state index contributed by atoms with van der Waals surface area (Å²) >= 11 is 2.24. The lowest BCUT2D eigenvalue weighted by molar-refractivity contribution is 0.454. The van der Waals surface area contributed by atoms with Gasteiger partial charge in [0, 0.05) is 19.5 Å². The molecular weight excluding hydrogens is 253 g/mol. The summed E-state index contributed by atoms with van der Waals surface area (Å²) in [5.74, 6) is 0. The highest BCUT2D eigenvalue weighted by Crippen LogP contribution is 2.21. The summed E-state index contributed by atoms with van der Waals surface area (Å²) in [6.45, 7) is 0. The van der Waals surface area contributed by atoms with Crippen LogP contribution < -0.4 is 0 Å². The van der Waals surface area contributed by atoms with Gasteiger partial charge in [-0.2, -0.15) is 0 Å². The van der Waals surface area contributed by atoms with Crippen LogP contribution in [0, 0.1) is 0 Å². The van der Waals surface area contributed by atoms with Gasteiger partial charge in [0.2, 0.25) is 0 Å². The van der Waals surface area contributed by atoms with E-state index in [4.69, 9.17) is 0 Å². The molecule has 0 amide bonds. The third kappa shape index (κ3) is 1.09. The Balaban J connectivity index is 2.29. The van der Waals surface area contributed by atoms with Crippen molar-refractivity contribution in [2.45, 2.75) is 12.1 Å². The molecule has 0 fully saturated rings. The summed E-state index contributed by atoms with van der Waals surface area (Å²) in [4.78, 5) is 10.6. The molecule has 0 bridgehead atoms. The molecule has 0 aliphatic carbocycles. The van der Waals surface area contributed by atoms with E-state index in [9.17, 15) is 0 Å². The number of aliphatic imine (C=N–C) groups is 2. The topological polar surface area (TPSA) is 28.0 Å². The zero-order valence-electron chi connectivity index (χ0n) is 6.11. The fourth-order valence-electron chi connectivity index (χ4n) is 1.28. The smallest absolute Gasteiger partial charge is 0.163 e. The van der Waals surface area contributed by atoms with Crippen LogP contribution in [0.2, 0.25) is 0 Å². The number of rotatable bonds is 0. The van der Waals surface area contributed by atoms with E-state index in [1.807, 2.05) is 12.4 Å². The van der Waals surface area contributed by atoms with Gasteiger partial charge in [-0.15, -0.1) is 0 Å². The van der Waals surface area contributed by atoms with E-state index in [-0.39, 0.29) is 6.04 Å². The van der Waals surface area contributed by atoms with Gasteiger partial charge in [0.05, 0.1) is 6.04 Å². The van der Waals surface area contributed by atoms with Crippen molar-refractivity contribution in [2.24, 2.45) is 9.98 Å². The first-order valence-corrected chi connectivity index (χ1v) is 4.53. The standard InChI is InChI=1S/C7H8IN3/c1-11-6-2-3-9-4-5(6)10-7(11)8/h2-6H,1H3. The van der Waals surface area contributed by atoms with Crippen LogP contribution >= 0.6 is 22.6 Å². The molecule has 0 saturated carbocycles. The predicted molar refractivity (Wildman–Crippen MR) is 54.4 cm³/mol. The minimum absolute atomic E-state index is 0.247. The molecule has 2 aliphatic heterocycles. The van der Waals surface area contributed by atoms with Crippen molar-refractivity contribution in [3.05, 3.63) is 12.3 Å². The molecule has 2 rings (SSSR count). The molecule has 4 heteroatoms. The van der Waals surface area contributed by atoms with Crippen LogP contribution in [0.15, 0.2) is 22.3 Å². The molecular formula is C7H8IN3. The van der Waals surface area contributed by atoms with Crippen LogP contribution in [0.25, 0.3) is 0 Å². The van der Waals surface area contributed by atoms with E-state index in [0.29, 0.717) is 6.04 Å². The lowest BCUT2D eigenvalue weighted by atomic mass is 10.1. The normalized spacial score (nSPS) is 34.0. The van der Waals surface area contributed by atoms with Crippen molar-refractivity contribution in [3.63, 3.8) is 0 Å². The highest BCUT2D eigenvalue weighted by Gasteiger charge is 2.30. The number of nitrogens with zero attached hydrogens (tertiary/aromatic N) is 3. The average molecular weight is 261 g/mol. The minimum Gasteiger partial charge on any atom is -0.346 e. The molecule has 0 aromatic heterocycles. The van der Waals surface area contributed by atoms with Crippen molar-refractivity contribution < 1.29 is 0 Å². The van der Waals surface area contributed by atoms with E-state index in [1.54, 1.807) is 0 Å². The molecule has 2 unspecified atom stereocenters. The fraction of sp³-hybridized carbons (Fsp3) is 0.429. The molecule has 0 N–H and O–H groups in total. The van der Waals surface area contributed by atoms with Crippen molar-refractivity contribution in [2.75, 3.05) is 7.05 Å². The summed E-state index contributed by atoms with van der Waals surface area (Å²) in [5, 5.41) is 0. The lowest BCUT2D eigenvalue weighted by Gasteiger charge is -2.21. The Morgan fingerprint density at radius 2 is 2.45 bits per heavy atom. The maximum Gasteiger partial charge on any atom is 0.163 e. The Bertz CT molecular complexity index is 256. The summed E-state index contributed by atoms with van der Waals surface area (Å²) in [6.07, 6.45) is 5.81. The highest BCUT2D eigenvalue weighted by molar-refractivity contribution is 14.1. The average Bonchev–Trinajstić information content (AvgIpc) is 2.30. The van der Waals surface area contributed by atoms with Crippen LogP contribution in [0.5, 0.6) is 0 Å². The van der Waals surface area contributed by atoms with Gasteiger partial charge in [-0.3, -0.25) is 9.98 Å². The monoisotopic (exact) mass is 261 g/mol. The molecule has 2 atom stereocenters. The van der Waals surface area contributed by atoms with E-state index in [2.05, 4.69) is 50.6 Å². The number of hydrogen-bond acceptors (Lipinski definition) is 3. The molecule has 0 saturated heterocycles. The van der Waals surface area contributed by atoms with Crippen molar-refractivity contribution in [3.8, 4) is 0 Å². The minimum atomic E-state index is 0.247. The molecule has 58 valence electrons. The quantitative estimate of drug-likeness (QED) is 0.473. The van der Waals surface area contributed by atoms with E-state index in [1.165, 1.54) is 0 Å². The Morgan fingerprint density at radius 1 is 1.64 bits per heavy atom. The van der Waals surface area contributed by atoms with Crippen LogP contribution in [0.1, 0.15) is 0 Å². The molecule has 0 aromatic carbocycles. The maximum atomic E-state index is 4.42. The predicted octanol–water partition coefficient (Wildman–Crippen LogP) is 1.06. The second-order valence-corrected chi connectivity index (χ2v) is 3.59. The number of fused-ring (bicyclic) bond motifs is 1. The second kappa shape index (κ2) is 2.58. The zero-order chi connectivity index (χ0) is 7.84. The van der Waals surface area contributed by atoms with Gasteiger partial charge in [0.25, 0.3) is 0 Å². The Kier molecular flexibility index (Phi) is 1.71. The summed E-state index contributed by atoms with van der Waals surface area (Å²) in [5.41, 5.74) is 0. The van der Waals surface area contributed by atoms with Crippen molar-refractivity contribution >= 4 is 32.6 Å². The Hall–Kier alpha value is -0.390. The largest absolute Gasteiger partial charge is 0.346 e. The van der Waals surface area contributed by atoms with Gasteiger partial charge in [0.1, 0.15) is 6.04 Å². The third-order valence-electron chi connectivity index (χ3n) is 1.95. The van der Waals surface area contributed by atoms with E-state index in [0.717, 1.165) is 3.84 Å². The lowest BCUT2D eigenvalue weighted by Crippen LogP contribution is -2.35. The molecule has 11 heavy (non-hydrogen) atoms. The molecule has 2 aliphatic rings. The first kappa shape index (κ1) is 7.27. The molecule has 0 radical (unpaired) electrons. The highest BCUT2D eigenvalue weighted by atomic mass is 127. The van der Waals surface area contributed by atoms with Crippen molar-refractivity contribution in [1.82, 2.24) is 4.90 Å². The van der Waals surface area contributed by atoms with Crippen molar-refractivity contribution in [1.29, 1.82) is 0 Å². The SMILES string of the molecule is CN1C(I)=NC2C=NC=CC21. The summed E-state index contributed by atoms with van der Waals surface area (Å²) in [7, 11) is 2.06.